The number of benzene rings is 2. The van der Waals surface area contributed by atoms with Crippen LogP contribution in [0.5, 0.6) is 5.75 Å². The van der Waals surface area contributed by atoms with Gasteiger partial charge in [0.1, 0.15) is 5.75 Å². The molecule has 0 radical (unpaired) electrons. The number of fused-ring (bicyclic) bond motifs is 1. The second-order valence-corrected chi connectivity index (χ2v) is 9.18. The van der Waals surface area contributed by atoms with Crippen molar-refractivity contribution >= 4 is 26.8 Å². The van der Waals surface area contributed by atoms with E-state index in [9.17, 15) is 13.2 Å². The molecule has 32 heavy (non-hydrogen) atoms. The highest BCUT2D eigenvalue weighted by Gasteiger charge is 2.13. The lowest BCUT2D eigenvalue weighted by Crippen LogP contribution is -2.18. The fourth-order valence-corrected chi connectivity index (χ4v) is 3.27. The average Bonchev–Trinajstić information content (AvgIpc) is 3.23. The van der Waals surface area contributed by atoms with E-state index in [2.05, 4.69) is 44.5 Å². The molecule has 6 nitrogen and oxygen atoms in total. The summed E-state index contributed by atoms with van der Waals surface area (Å²) in [4.78, 5) is 11.5. The molecular weight excluding hydrogens is 424 g/mol. The molecule has 0 aliphatic carbocycles. The maximum atomic E-state index is 11.6. The Morgan fingerprint density at radius 3 is 2.09 bits per heavy atom. The third kappa shape index (κ3) is 8.48. The number of aryl methyl sites for hydroxylation is 1. The average molecular weight is 461 g/mol. The molecule has 7 heteroatoms. The normalized spacial score (nSPS) is 10.6. The van der Waals surface area contributed by atoms with E-state index in [0.717, 1.165) is 24.2 Å². The lowest BCUT2D eigenvalue weighted by molar-refractivity contribution is 0.0941. The Kier molecular flexibility index (Phi) is 11.7. The predicted molar refractivity (Wildman–Crippen MR) is 132 cm³/mol. The van der Waals surface area contributed by atoms with Crippen LogP contribution in [0.15, 0.2) is 59.6 Å². The van der Waals surface area contributed by atoms with Gasteiger partial charge in [-0.1, -0.05) is 57.4 Å². The van der Waals surface area contributed by atoms with Crippen molar-refractivity contribution in [1.82, 2.24) is 9.29 Å². The van der Waals surface area contributed by atoms with Crippen LogP contribution in [0.4, 0.5) is 0 Å². The Bertz CT molecular complexity index is 1070. The highest BCUT2D eigenvalue weighted by Crippen LogP contribution is 2.20. The summed E-state index contributed by atoms with van der Waals surface area (Å²) in [5.41, 5.74) is 1.86. The Hall–Kier alpha value is -2.64. The number of carbonyl (C=O) groups is 1. The number of sulfonamides is 1. The maximum absolute atomic E-state index is 11.6. The van der Waals surface area contributed by atoms with E-state index in [1.165, 1.54) is 49.1 Å². The first kappa shape index (κ1) is 27.4. The first-order chi connectivity index (χ1) is 15.2. The smallest absolute Gasteiger partial charge is 0.240 e. The molecule has 0 spiro atoms. The van der Waals surface area contributed by atoms with Crippen LogP contribution in [0.25, 0.3) is 10.9 Å². The molecule has 0 atom stereocenters. The van der Waals surface area contributed by atoms with Crippen LogP contribution in [0.1, 0.15) is 57.3 Å². The highest BCUT2D eigenvalue weighted by molar-refractivity contribution is 7.89. The van der Waals surface area contributed by atoms with Crippen molar-refractivity contribution in [2.45, 2.75) is 58.8 Å². The summed E-state index contributed by atoms with van der Waals surface area (Å²) in [7, 11) is -2.13. The van der Waals surface area contributed by atoms with Gasteiger partial charge in [-0.15, -0.1) is 0 Å². The third-order valence-electron chi connectivity index (χ3n) is 4.58. The Morgan fingerprint density at radius 2 is 1.59 bits per heavy atom. The molecule has 3 aromatic rings. The first-order valence-corrected chi connectivity index (χ1v) is 12.4. The number of aromatic nitrogens is 1. The standard InChI is InChI=1S/C11H12N2O3S.C10H14O.C4H10/c1-8(14)13-6-5-9-3-4-10(7-11(9)13)17(15,16)12-2;1-3-8-11-10-6-4-9(2)5-7-10;1-3-4-2/h3-7,12H,1-2H3;4-7H,3,8H2,1-2H3;3-4H2,1-2H3. The maximum Gasteiger partial charge on any atom is 0.240 e. The first-order valence-electron chi connectivity index (χ1n) is 10.9. The molecule has 0 bridgehead atoms. The van der Waals surface area contributed by atoms with E-state index in [4.69, 9.17) is 4.74 Å². The van der Waals surface area contributed by atoms with E-state index < -0.39 is 10.0 Å². The minimum atomic E-state index is -3.48. The van der Waals surface area contributed by atoms with E-state index in [1.807, 2.05) is 12.1 Å². The van der Waals surface area contributed by atoms with Gasteiger partial charge in [0.25, 0.3) is 0 Å². The fourth-order valence-electron chi connectivity index (χ4n) is 2.52. The predicted octanol–water partition coefficient (Wildman–Crippen LogP) is 5.80. The highest BCUT2D eigenvalue weighted by atomic mass is 32.2. The molecule has 0 amide bonds. The fraction of sp³-hybridized carbons (Fsp3) is 0.400. The van der Waals surface area contributed by atoms with Crippen molar-refractivity contribution in [2.24, 2.45) is 0 Å². The molecule has 0 unspecified atom stereocenters. The van der Waals surface area contributed by atoms with Crippen molar-refractivity contribution in [3.63, 3.8) is 0 Å². The molecule has 3 rings (SSSR count). The van der Waals surface area contributed by atoms with Gasteiger partial charge in [-0.25, -0.2) is 13.1 Å². The molecule has 1 heterocycles. The minimum absolute atomic E-state index is 0.147. The number of hydrogen-bond acceptors (Lipinski definition) is 4. The van der Waals surface area contributed by atoms with E-state index in [1.54, 1.807) is 18.3 Å². The van der Waals surface area contributed by atoms with Crippen LogP contribution in [0.3, 0.4) is 0 Å². The van der Waals surface area contributed by atoms with Gasteiger partial charge < -0.3 is 4.74 Å². The lowest BCUT2D eigenvalue weighted by Gasteiger charge is -2.04. The minimum Gasteiger partial charge on any atom is -0.494 e. The largest absolute Gasteiger partial charge is 0.494 e. The summed E-state index contributed by atoms with van der Waals surface area (Å²) in [5, 5.41) is 0.829. The number of unbranched alkanes of at least 4 members (excludes halogenated alkanes) is 1. The number of rotatable bonds is 6. The van der Waals surface area contributed by atoms with Crippen LogP contribution in [-0.2, 0) is 10.0 Å². The molecule has 1 N–H and O–H groups in total. The summed E-state index contributed by atoms with van der Waals surface area (Å²) >= 11 is 0. The van der Waals surface area contributed by atoms with Crippen LogP contribution >= 0.6 is 0 Å². The van der Waals surface area contributed by atoms with Gasteiger partial charge in [-0.3, -0.25) is 9.36 Å². The monoisotopic (exact) mass is 460 g/mol. The van der Waals surface area contributed by atoms with E-state index in [0.29, 0.717) is 5.52 Å². The van der Waals surface area contributed by atoms with Gasteiger partial charge in [0.2, 0.25) is 15.9 Å². The second kappa shape index (κ2) is 13.7. The summed E-state index contributed by atoms with van der Waals surface area (Å²) in [5.74, 6) is 0.816. The molecule has 0 saturated heterocycles. The zero-order valence-corrected chi connectivity index (χ0v) is 20.8. The lowest BCUT2D eigenvalue weighted by atomic mass is 10.2. The van der Waals surface area contributed by atoms with Crippen molar-refractivity contribution in [3.8, 4) is 5.75 Å². The van der Waals surface area contributed by atoms with Gasteiger partial charge in [-0.05, 0) is 50.7 Å². The van der Waals surface area contributed by atoms with Crippen LogP contribution in [0.2, 0.25) is 0 Å². The number of nitrogens with zero attached hydrogens (tertiary/aromatic N) is 1. The van der Waals surface area contributed by atoms with E-state index in [-0.39, 0.29) is 10.8 Å². The Morgan fingerprint density at radius 1 is 0.969 bits per heavy atom. The van der Waals surface area contributed by atoms with Crippen molar-refractivity contribution in [1.29, 1.82) is 0 Å². The summed E-state index contributed by atoms with van der Waals surface area (Å²) < 4.78 is 32.4. The molecular formula is C25H36N2O4S. The molecule has 0 saturated carbocycles. The zero-order valence-electron chi connectivity index (χ0n) is 20.0. The van der Waals surface area contributed by atoms with E-state index >= 15 is 0 Å². The van der Waals surface area contributed by atoms with Gasteiger partial charge in [0, 0.05) is 18.5 Å². The zero-order chi connectivity index (χ0) is 24.1. The van der Waals surface area contributed by atoms with Gasteiger partial charge >= 0.3 is 0 Å². The molecule has 0 aliphatic rings. The van der Waals surface area contributed by atoms with Crippen molar-refractivity contribution in [3.05, 3.63) is 60.3 Å². The van der Waals surface area contributed by atoms with Crippen molar-refractivity contribution < 1.29 is 17.9 Å². The number of nitrogens with one attached hydrogen (secondary N) is 1. The summed E-state index contributed by atoms with van der Waals surface area (Å²) in [6.07, 6.45) is 5.33. The topological polar surface area (TPSA) is 77.4 Å². The van der Waals surface area contributed by atoms with Gasteiger partial charge in [-0.2, -0.15) is 0 Å². The third-order valence-corrected chi connectivity index (χ3v) is 5.99. The van der Waals surface area contributed by atoms with Gasteiger partial charge in [0.05, 0.1) is 17.0 Å². The van der Waals surface area contributed by atoms with Crippen LogP contribution in [-0.4, -0.2) is 32.5 Å². The Labute approximate surface area is 192 Å². The number of carbonyl (C=O) groups excluding carboxylic acids is 1. The van der Waals surface area contributed by atoms with Crippen LogP contribution < -0.4 is 9.46 Å². The molecule has 0 aliphatic heterocycles. The molecule has 0 fully saturated rings. The molecule has 1 aromatic heterocycles. The molecule has 176 valence electrons. The quantitative estimate of drug-likeness (QED) is 0.504. The second-order valence-electron chi connectivity index (χ2n) is 7.29. The summed E-state index contributed by atoms with van der Waals surface area (Å²) in [6, 6.07) is 14.6. The van der Waals surface area contributed by atoms with Crippen LogP contribution in [0, 0.1) is 6.92 Å². The number of ether oxygens (including phenoxy) is 1. The Balaban J connectivity index is 0.000000293. The number of hydrogen-bond donors (Lipinski definition) is 1. The van der Waals surface area contributed by atoms with Crippen molar-refractivity contribution in [2.75, 3.05) is 13.7 Å². The molecule has 2 aromatic carbocycles. The summed E-state index contributed by atoms with van der Waals surface area (Å²) in [6.45, 7) is 10.8. The SMILES string of the molecule is CCCC.CCCOc1ccc(C)cc1.CNS(=O)(=O)c1ccc2ccn(C(C)=O)c2c1. The van der Waals surface area contributed by atoms with Gasteiger partial charge in [0.15, 0.2) is 0 Å².